The number of rotatable bonds is 7. The first-order valence-corrected chi connectivity index (χ1v) is 7.54. The van der Waals surface area contributed by atoms with Crippen molar-refractivity contribution in [2.45, 2.75) is 26.9 Å². The monoisotopic (exact) mass is 300 g/mol. The van der Waals surface area contributed by atoms with Gasteiger partial charge in [-0.1, -0.05) is 29.8 Å². The Morgan fingerprint density at radius 1 is 1.23 bits per heavy atom. The zero-order chi connectivity index (χ0) is 15.9. The number of benzene rings is 1. The number of carbonyl (C=O) groups excluding carboxylic acids is 1. The van der Waals surface area contributed by atoms with Crippen molar-refractivity contribution >= 4 is 5.91 Å². The van der Waals surface area contributed by atoms with E-state index in [1.807, 2.05) is 11.0 Å². The molecule has 0 aliphatic carbocycles. The van der Waals surface area contributed by atoms with E-state index in [9.17, 15) is 4.79 Å². The van der Waals surface area contributed by atoms with Crippen molar-refractivity contribution in [1.29, 1.82) is 0 Å². The molecule has 4 nitrogen and oxygen atoms in total. The maximum absolute atomic E-state index is 11.7. The minimum absolute atomic E-state index is 0.0696. The summed E-state index contributed by atoms with van der Waals surface area (Å²) in [5.74, 6) is 0.0696. The van der Waals surface area contributed by atoms with E-state index >= 15 is 0 Å². The molecule has 118 valence electrons. The van der Waals surface area contributed by atoms with Crippen molar-refractivity contribution in [2.75, 3.05) is 20.3 Å². The van der Waals surface area contributed by atoms with Gasteiger partial charge in [0.1, 0.15) is 0 Å². The molecular weight excluding hydrogens is 276 g/mol. The van der Waals surface area contributed by atoms with Crippen molar-refractivity contribution in [3.05, 3.63) is 59.4 Å². The van der Waals surface area contributed by atoms with Gasteiger partial charge in [0.25, 0.3) is 0 Å². The van der Waals surface area contributed by atoms with Gasteiger partial charge in [-0.15, -0.1) is 0 Å². The fourth-order valence-electron chi connectivity index (χ4n) is 2.38. The number of amides is 1. The van der Waals surface area contributed by atoms with Gasteiger partial charge in [0, 0.05) is 39.0 Å². The smallest absolute Gasteiger partial charge is 0.219 e. The van der Waals surface area contributed by atoms with Gasteiger partial charge in [-0.25, -0.2) is 0 Å². The fourth-order valence-corrected chi connectivity index (χ4v) is 2.38. The normalized spacial score (nSPS) is 10.7. The lowest BCUT2D eigenvalue weighted by molar-refractivity contribution is -0.130. The van der Waals surface area contributed by atoms with E-state index in [0.717, 1.165) is 12.2 Å². The number of ether oxygens (including phenoxy) is 1. The number of hydrogen-bond donors (Lipinski definition) is 0. The largest absolute Gasteiger partial charge is 0.383 e. The van der Waals surface area contributed by atoms with Gasteiger partial charge >= 0.3 is 0 Å². The SMILES string of the molecule is COCCN(Cc1cccn1Cc1ccc(C)cc1)C(C)=O. The van der Waals surface area contributed by atoms with E-state index < -0.39 is 0 Å². The summed E-state index contributed by atoms with van der Waals surface area (Å²) in [6.45, 7) is 6.28. The molecule has 1 aromatic heterocycles. The summed E-state index contributed by atoms with van der Waals surface area (Å²) < 4.78 is 7.27. The van der Waals surface area contributed by atoms with E-state index in [2.05, 4.69) is 48.0 Å². The maximum Gasteiger partial charge on any atom is 0.219 e. The zero-order valence-corrected chi connectivity index (χ0v) is 13.6. The summed E-state index contributed by atoms with van der Waals surface area (Å²) in [6, 6.07) is 12.6. The minimum Gasteiger partial charge on any atom is -0.383 e. The maximum atomic E-state index is 11.7. The molecule has 1 heterocycles. The predicted molar refractivity (Wildman–Crippen MR) is 87.7 cm³/mol. The molecule has 4 heteroatoms. The van der Waals surface area contributed by atoms with Crippen LogP contribution in [0.15, 0.2) is 42.6 Å². The lowest BCUT2D eigenvalue weighted by atomic mass is 10.1. The van der Waals surface area contributed by atoms with Gasteiger partial charge < -0.3 is 14.2 Å². The van der Waals surface area contributed by atoms with Crippen LogP contribution in [-0.2, 0) is 22.6 Å². The molecule has 22 heavy (non-hydrogen) atoms. The molecule has 0 unspecified atom stereocenters. The standard InChI is InChI=1S/C18H24N2O2/c1-15-6-8-17(9-7-15)13-20-10-4-5-18(20)14-19(16(2)21)11-12-22-3/h4-10H,11-14H2,1-3H3. The highest BCUT2D eigenvalue weighted by Crippen LogP contribution is 2.11. The zero-order valence-electron chi connectivity index (χ0n) is 13.6. The van der Waals surface area contributed by atoms with Gasteiger partial charge in [-0.05, 0) is 24.6 Å². The molecule has 0 aliphatic heterocycles. The molecule has 0 saturated heterocycles. The van der Waals surface area contributed by atoms with Crippen LogP contribution in [0.25, 0.3) is 0 Å². The van der Waals surface area contributed by atoms with Crippen LogP contribution >= 0.6 is 0 Å². The highest BCUT2D eigenvalue weighted by atomic mass is 16.5. The number of aromatic nitrogens is 1. The van der Waals surface area contributed by atoms with Crippen LogP contribution in [0.5, 0.6) is 0 Å². The highest BCUT2D eigenvalue weighted by molar-refractivity contribution is 5.73. The van der Waals surface area contributed by atoms with Crippen molar-refractivity contribution < 1.29 is 9.53 Å². The Hall–Kier alpha value is -2.07. The Morgan fingerprint density at radius 2 is 1.95 bits per heavy atom. The molecule has 0 fully saturated rings. The molecular formula is C18H24N2O2. The van der Waals surface area contributed by atoms with Crippen molar-refractivity contribution in [3.8, 4) is 0 Å². The quantitative estimate of drug-likeness (QED) is 0.788. The topological polar surface area (TPSA) is 34.5 Å². The summed E-state index contributed by atoms with van der Waals surface area (Å²) in [6.07, 6.45) is 2.06. The predicted octanol–water partition coefficient (Wildman–Crippen LogP) is 2.84. The third-order valence-corrected chi connectivity index (χ3v) is 3.76. The molecule has 0 radical (unpaired) electrons. The van der Waals surface area contributed by atoms with Crippen LogP contribution in [0.2, 0.25) is 0 Å². The summed E-state index contributed by atoms with van der Waals surface area (Å²) in [5.41, 5.74) is 3.65. The second-order valence-corrected chi connectivity index (χ2v) is 5.55. The second-order valence-electron chi connectivity index (χ2n) is 5.55. The first-order valence-electron chi connectivity index (χ1n) is 7.54. The molecule has 1 aromatic carbocycles. The molecule has 0 spiro atoms. The number of carbonyl (C=O) groups is 1. The summed E-state index contributed by atoms with van der Waals surface area (Å²) in [4.78, 5) is 13.6. The molecule has 0 saturated carbocycles. The van der Waals surface area contributed by atoms with Crippen LogP contribution in [0, 0.1) is 6.92 Å². The first-order chi connectivity index (χ1) is 10.6. The van der Waals surface area contributed by atoms with Crippen LogP contribution in [0.1, 0.15) is 23.7 Å². The number of aryl methyl sites for hydroxylation is 1. The Morgan fingerprint density at radius 3 is 2.59 bits per heavy atom. The molecule has 0 aliphatic rings. The van der Waals surface area contributed by atoms with Gasteiger partial charge in [0.15, 0.2) is 0 Å². The van der Waals surface area contributed by atoms with Crippen molar-refractivity contribution in [3.63, 3.8) is 0 Å². The van der Waals surface area contributed by atoms with Crippen molar-refractivity contribution in [2.24, 2.45) is 0 Å². The van der Waals surface area contributed by atoms with E-state index in [0.29, 0.717) is 19.7 Å². The van der Waals surface area contributed by atoms with E-state index in [-0.39, 0.29) is 5.91 Å². The highest BCUT2D eigenvalue weighted by Gasteiger charge is 2.11. The molecule has 1 amide bonds. The fraction of sp³-hybridized carbons (Fsp3) is 0.389. The van der Waals surface area contributed by atoms with E-state index in [1.165, 1.54) is 11.1 Å². The average Bonchev–Trinajstić information content (AvgIpc) is 2.92. The van der Waals surface area contributed by atoms with Gasteiger partial charge in [0.05, 0.1) is 13.2 Å². The van der Waals surface area contributed by atoms with Crippen LogP contribution in [0.3, 0.4) is 0 Å². The van der Waals surface area contributed by atoms with Gasteiger partial charge in [0.2, 0.25) is 5.91 Å². The first kappa shape index (κ1) is 16.3. The Balaban J connectivity index is 2.07. The Labute approximate surface area is 132 Å². The van der Waals surface area contributed by atoms with Crippen LogP contribution in [-0.4, -0.2) is 35.6 Å². The number of hydrogen-bond acceptors (Lipinski definition) is 2. The third-order valence-electron chi connectivity index (χ3n) is 3.76. The molecule has 0 atom stereocenters. The summed E-state index contributed by atoms with van der Waals surface area (Å²) in [5, 5.41) is 0. The number of nitrogens with zero attached hydrogens (tertiary/aromatic N) is 2. The lowest BCUT2D eigenvalue weighted by Crippen LogP contribution is -2.32. The summed E-state index contributed by atoms with van der Waals surface area (Å²) in [7, 11) is 1.65. The average molecular weight is 300 g/mol. The molecule has 2 aromatic rings. The Bertz CT molecular complexity index is 602. The van der Waals surface area contributed by atoms with Crippen molar-refractivity contribution in [1.82, 2.24) is 9.47 Å². The Kier molecular flexibility index (Phi) is 5.78. The van der Waals surface area contributed by atoms with E-state index in [1.54, 1.807) is 14.0 Å². The number of methoxy groups -OCH3 is 1. The lowest BCUT2D eigenvalue weighted by Gasteiger charge is -2.21. The molecule has 0 bridgehead atoms. The van der Waals surface area contributed by atoms with Crippen LogP contribution < -0.4 is 0 Å². The molecule has 2 rings (SSSR count). The second kappa shape index (κ2) is 7.80. The van der Waals surface area contributed by atoms with Crippen LogP contribution in [0.4, 0.5) is 0 Å². The summed E-state index contributed by atoms with van der Waals surface area (Å²) >= 11 is 0. The van der Waals surface area contributed by atoms with Gasteiger partial charge in [-0.3, -0.25) is 4.79 Å². The molecule has 0 N–H and O–H groups in total. The van der Waals surface area contributed by atoms with Gasteiger partial charge in [-0.2, -0.15) is 0 Å². The third kappa shape index (κ3) is 4.46. The van der Waals surface area contributed by atoms with E-state index in [4.69, 9.17) is 4.74 Å². The minimum atomic E-state index is 0.0696.